The zero-order valence-corrected chi connectivity index (χ0v) is 23.0. The van der Waals surface area contributed by atoms with Crippen molar-refractivity contribution in [3.8, 4) is 17.2 Å². The standard InChI is InChI=1S/3C9H8O3.Pr/c3*10-8-4-1-7(2-5-8)3-6-9(11)12;/h3*1-6,10H,(H,11,12);/q;;;+3/p-3/b3*6-3+;. The molecule has 0 radical (unpaired) electrons. The van der Waals surface area contributed by atoms with Crippen molar-refractivity contribution >= 4 is 36.1 Å². The SMILES string of the molecule is O=C(O)/C=C/c1ccc(O)cc1.O=C(O)/C=C/c1ccc([O-])cc1.O=C([O-])/C=C/c1ccc([O-])cc1.[Pr+3]. The van der Waals surface area contributed by atoms with E-state index in [0.717, 1.165) is 23.8 Å². The molecule has 3 aromatic carbocycles. The molecule has 0 saturated heterocycles. The molecule has 0 aromatic heterocycles. The van der Waals surface area contributed by atoms with Crippen LogP contribution in [0.2, 0.25) is 0 Å². The first-order valence-electron chi connectivity index (χ1n) is 10.1. The summed E-state index contributed by atoms with van der Waals surface area (Å²) < 4.78 is 0. The summed E-state index contributed by atoms with van der Waals surface area (Å²) in [5.41, 5.74) is 2.12. The number of hydrogen-bond donors (Lipinski definition) is 3. The Kier molecular flexibility index (Phi) is 16.4. The van der Waals surface area contributed by atoms with Gasteiger partial charge in [-0.1, -0.05) is 66.7 Å². The summed E-state index contributed by atoms with van der Waals surface area (Å²) in [5.74, 6) is -3.24. The molecule has 0 fully saturated rings. The second kappa shape index (κ2) is 18.3. The van der Waals surface area contributed by atoms with E-state index in [2.05, 4.69) is 0 Å². The van der Waals surface area contributed by atoms with Gasteiger partial charge in [0.15, 0.2) is 0 Å². The predicted molar refractivity (Wildman–Crippen MR) is 127 cm³/mol. The van der Waals surface area contributed by atoms with E-state index in [0.29, 0.717) is 11.1 Å². The van der Waals surface area contributed by atoms with Gasteiger partial charge < -0.3 is 35.4 Å². The maximum Gasteiger partial charge on any atom is 3.00 e. The minimum Gasteiger partial charge on any atom is -0.872 e. The van der Waals surface area contributed by atoms with Gasteiger partial charge in [-0.25, -0.2) is 9.59 Å². The molecule has 0 bridgehead atoms. The average Bonchev–Trinajstić information content (AvgIpc) is 2.84. The molecule has 0 aliphatic carbocycles. The molecular formula is C27H21O9Pr. The van der Waals surface area contributed by atoms with E-state index in [1.54, 1.807) is 36.4 Å². The maximum absolute atomic E-state index is 10.6. The number of carboxylic acids is 3. The molecule has 186 valence electrons. The second-order valence-electron chi connectivity index (χ2n) is 6.73. The van der Waals surface area contributed by atoms with Crippen LogP contribution in [0.1, 0.15) is 16.7 Å². The number of aliphatic carboxylic acids is 3. The van der Waals surface area contributed by atoms with Crippen molar-refractivity contribution in [1.29, 1.82) is 0 Å². The Hall–Kier alpha value is -3.95. The molecule has 0 saturated carbocycles. The number of carboxylic acid groups (broad SMARTS) is 3. The minimum atomic E-state index is -1.25. The summed E-state index contributed by atoms with van der Waals surface area (Å²) >= 11 is 0. The van der Waals surface area contributed by atoms with Crippen LogP contribution in [-0.4, -0.2) is 33.2 Å². The summed E-state index contributed by atoms with van der Waals surface area (Å²) in [5, 5.41) is 56.7. The normalized spacial score (nSPS) is 10.1. The van der Waals surface area contributed by atoms with Crippen molar-refractivity contribution in [2.75, 3.05) is 0 Å². The van der Waals surface area contributed by atoms with E-state index < -0.39 is 17.9 Å². The maximum atomic E-state index is 10.6. The predicted octanol–water partition coefficient (Wildman–Crippen LogP) is 1.87. The number of hydrogen-bond acceptors (Lipinski definition) is 7. The Morgan fingerprint density at radius 2 is 0.865 bits per heavy atom. The zero-order chi connectivity index (χ0) is 26.9. The minimum absolute atomic E-state index is 0. The Morgan fingerprint density at radius 3 is 1.16 bits per heavy atom. The van der Waals surface area contributed by atoms with Crippen LogP contribution in [0.3, 0.4) is 0 Å². The molecule has 0 aliphatic rings. The van der Waals surface area contributed by atoms with Gasteiger partial charge in [-0.05, 0) is 47.1 Å². The van der Waals surface area contributed by atoms with Crippen LogP contribution in [0.5, 0.6) is 17.2 Å². The van der Waals surface area contributed by atoms with Crippen LogP contribution in [0, 0.1) is 41.3 Å². The largest absolute Gasteiger partial charge is 3.00 e. The fourth-order valence-electron chi connectivity index (χ4n) is 2.24. The van der Waals surface area contributed by atoms with Crippen molar-refractivity contribution in [1.82, 2.24) is 0 Å². The van der Waals surface area contributed by atoms with Crippen LogP contribution >= 0.6 is 0 Å². The van der Waals surface area contributed by atoms with E-state index in [1.165, 1.54) is 54.6 Å². The summed E-state index contributed by atoms with van der Waals surface area (Å²) in [4.78, 5) is 30.2. The van der Waals surface area contributed by atoms with Gasteiger partial charge in [0.05, 0.1) is 5.97 Å². The molecule has 3 rings (SSSR count). The van der Waals surface area contributed by atoms with Crippen molar-refractivity contribution in [2.24, 2.45) is 0 Å². The molecule has 3 N–H and O–H groups in total. The summed E-state index contributed by atoms with van der Waals surface area (Å²) in [6.45, 7) is 0. The Bertz CT molecular complexity index is 1060. The van der Waals surface area contributed by atoms with E-state index in [-0.39, 0.29) is 58.5 Å². The number of aromatic hydroxyl groups is 1. The Labute approximate surface area is 245 Å². The summed E-state index contributed by atoms with van der Waals surface area (Å²) in [6, 6.07) is 18.0. The fourth-order valence-corrected chi connectivity index (χ4v) is 2.24. The van der Waals surface area contributed by atoms with Crippen molar-refractivity contribution < 1.29 is 86.3 Å². The number of rotatable bonds is 6. The van der Waals surface area contributed by atoms with Crippen LogP contribution in [0.25, 0.3) is 18.2 Å². The van der Waals surface area contributed by atoms with Gasteiger partial charge in [-0.2, -0.15) is 0 Å². The molecule has 0 spiro atoms. The molecule has 3 aromatic rings. The third kappa shape index (κ3) is 17.2. The number of phenols is 1. The molecule has 37 heavy (non-hydrogen) atoms. The molecule has 10 heteroatoms. The smallest absolute Gasteiger partial charge is 0.872 e. The van der Waals surface area contributed by atoms with Gasteiger partial charge in [-0.15, -0.1) is 11.5 Å². The summed E-state index contributed by atoms with van der Waals surface area (Å²) in [6.07, 6.45) is 7.25. The van der Waals surface area contributed by atoms with Crippen LogP contribution in [0.4, 0.5) is 0 Å². The van der Waals surface area contributed by atoms with E-state index in [1.807, 2.05) is 0 Å². The van der Waals surface area contributed by atoms with Gasteiger partial charge in [-0.3, -0.25) is 0 Å². The first-order chi connectivity index (χ1) is 17.0. The molecular weight excluding hydrogens is 609 g/mol. The first kappa shape index (κ1) is 33.1. The van der Waals surface area contributed by atoms with E-state index in [4.69, 9.17) is 15.3 Å². The summed E-state index contributed by atoms with van der Waals surface area (Å²) in [7, 11) is 0. The van der Waals surface area contributed by atoms with Crippen LogP contribution < -0.4 is 15.3 Å². The molecule has 0 unspecified atom stereocenters. The first-order valence-corrected chi connectivity index (χ1v) is 10.1. The number of carbonyl (C=O) groups excluding carboxylic acids is 1. The third-order valence-corrected chi connectivity index (χ3v) is 3.90. The molecule has 0 aliphatic heterocycles. The zero-order valence-electron chi connectivity index (χ0n) is 19.3. The average molecular weight is 630 g/mol. The van der Waals surface area contributed by atoms with E-state index >= 15 is 0 Å². The molecule has 0 heterocycles. The van der Waals surface area contributed by atoms with Gasteiger partial charge >= 0.3 is 53.2 Å². The van der Waals surface area contributed by atoms with Crippen LogP contribution in [-0.2, 0) is 14.4 Å². The Morgan fingerprint density at radius 1 is 0.568 bits per heavy atom. The molecule has 0 atom stereocenters. The van der Waals surface area contributed by atoms with Gasteiger partial charge in [0.2, 0.25) is 0 Å². The number of carbonyl (C=O) groups is 3. The quantitative estimate of drug-likeness (QED) is 0.343. The molecule has 9 nitrogen and oxygen atoms in total. The molecule has 0 amide bonds. The van der Waals surface area contributed by atoms with Crippen molar-refractivity contribution in [2.45, 2.75) is 0 Å². The third-order valence-electron chi connectivity index (χ3n) is 3.90. The van der Waals surface area contributed by atoms with Gasteiger partial charge in [0.1, 0.15) is 5.75 Å². The van der Waals surface area contributed by atoms with Gasteiger partial charge in [0.25, 0.3) is 0 Å². The number of benzene rings is 3. The Balaban J connectivity index is 0.000000518. The van der Waals surface area contributed by atoms with Crippen molar-refractivity contribution in [3.63, 3.8) is 0 Å². The van der Waals surface area contributed by atoms with Crippen molar-refractivity contribution in [3.05, 3.63) is 108 Å². The van der Waals surface area contributed by atoms with Crippen LogP contribution in [0.15, 0.2) is 91.0 Å². The second-order valence-corrected chi connectivity index (χ2v) is 6.73. The topological polar surface area (TPSA) is 181 Å². The fraction of sp³-hybridized carbons (Fsp3) is 0. The van der Waals surface area contributed by atoms with Gasteiger partial charge in [0, 0.05) is 12.2 Å². The monoisotopic (exact) mass is 630 g/mol. The van der Waals surface area contributed by atoms with E-state index in [9.17, 15) is 29.7 Å². The number of phenolic OH excluding ortho intramolecular Hbond substituents is 1.